The second kappa shape index (κ2) is 7.18. The van der Waals surface area contributed by atoms with Crippen LogP contribution >= 0.6 is 23.7 Å². The van der Waals surface area contributed by atoms with E-state index in [1.54, 1.807) is 6.33 Å². The summed E-state index contributed by atoms with van der Waals surface area (Å²) in [6, 6.07) is 9.30. The lowest BCUT2D eigenvalue weighted by Gasteiger charge is -2.13. The number of hydrogen-bond acceptors (Lipinski definition) is 6. The van der Waals surface area contributed by atoms with E-state index in [2.05, 4.69) is 20.0 Å². The minimum atomic E-state index is -4.85. The van der Waals surface area contributed by atoms with Crippen molar-refractivity contribution in [2.75, 3.05) is 5.32 Å². The SMILES string of the molecule is Cl.Cn1cnc2c3nc(Nc4cc(C#N)ccc4OC(F)(F)F)sc3ccc21. The van der Waals surface area contributed by atoms with Gasteiger partial charge in [-0.15, -0.1) is 25.6 Å². The lowest BCUT2D eigenvalue weighted by Crippen LogP contribution is -2.18. The number of aryl methyl sites for hydroxylation is 1. The molecule has 0 unspecified atom stereocenters. The number of nitriles is 1. The first kappa shape index (κ1) is 19.7. The molecule has 0 aliphatic carbocycles. The number of nitrogens with one attached hydrogen (secondary N) is 1. The molecular formula is C17H11ClF3N5OS. The van der Waals surface area contributed by atoms with Crippen LogP contribution in [0.1, 0.15) is 5.56 Å². The zero-order chi connectivity index (χ0) is 19.2. The molecule has 28 heavy (non-hydrogen) atoms. The number of hydrogen-bond donors (Lipinski definition) is 1. The van der Waals surface area contributed by atoms with E-state index in [0.717, 1.165) is 16.3 Å². The van der Waals surface area contributed by atoms with Crippen LogP contribution in [0.2, 0.25) is 0 Å². The summed E-state index contributed by atoms with van der Waals surface area (Å²) in [6.45, 7) is 0. The highest BCUT2D eigenvalue weighted by atomic mass is 35.5. The van der Waals surface area contributed by atoms with Gasteiger partial charge in [-0.3, -0.25) is 0 Å². The summed E-state index contributed by atoms with van der Waals surface area (Å²) >= 11 is 1.27. The van der Waals surface area contributed by atoms with Crippen molar-refractivity contribution in [1.82, 2.24) is 14.5 Å². The molecule has 0 radical (unpaired) electrons. The van der Waals surface area contributed by atoms with Gasteiger partial charge in [0.15, 0.2) is 10.9 Å². The molecule has 1 N–H and O–H groups in total. The van der Waals surface area contributed by atoms with E-state index < -0.39 is 12.1 Å². The molecule has 0 aliphatic rings. The first-order valence-electron chi connectivity index (χ1n) is 7.61. The van der Waals surface area contributed by atoms with E-state index in [-0.39, 0.29) is 23.7 Å². The minimum absolute atomic E-state index is 0. The van der Waals surface area contributed by atoms with Crippen molar-refractivity contribution in [3.05, 3.63) is 42.2 Å². The fourth-order valence-electron chi connectivity index (χ4n) is 2.67. The van der Waals surface area contributed by atoms with Crippen LogP contribution in [0.4, 0.5) is 24.0 Å². The molecule has 144 valence electrons. The Balaban J connectivity index is 0.00000225. The van der Waals surface area contributed by atoms with Crippen molar-refractivity contribution in [3.8, 4) is 11.8 Å². The highest BCUT2D eigenvalue weighted by molar-refractivity contribution is 7.22. The fraction of sp³-hybridized carbons (Fsp3) is 0.118. The van der Waals surface area contributed by atoms with Crippen LogP contribution in [-0.2, 0) is 7.05 Å². The molecule has 11 heteroatoms. The van der Waals surface area contributed by atoms with Gasteiger partial charge in [-0.1, -0.05) is 11.3 Å². The molecule has 4 aromatic rings. The van der Waals surface area contributed by atoms with Crippen LogP contribution < -0.4 is 10.1 Å². The Morgan fingerprint density at radius 3 is 2.71 bits per heavy atom. The van der Waals surface area contributed by atoms with Gasteiger partial charge < -0.3 is 14.6 Å². The van der Waals surface area contributed by atoms with Crippen LogP contribution in [0, 0.1) is 11.3 Å². The molecule has 0 fully saturated rings. The molecule has 0 spiro atoms. The first-order chi connectivity index (χ1) is 12.8. The number of benzene rings is 2. The molecule has 0 atom stereocenters. The van der Waals surface area contributed by atoms with Gasteiger partial charge in [0.05, 0.1) is 33.9 Å². The van der Waals surface area contributed by atoms with E-state index >= 15 is 0 Å². The molecule has 0 saturated carbocycles. The van der Waals surface area contributed by atoms with E-state index in [4.69, 9.17) is 5.26 Å². The molecule has 6 nitrogen and oxygen atoms in total. The van der Waals surface area contributed by atoms with Crippen molar-refractivity contribution >= 4 is 55.8 Å². The van der Waals surface area contributed by atoms with Crippen LogP contribution in [0.15, 0.2) is 36.7 Å². The van der Waals surface area contributed by atoms with Gasteiger partial charge in [-0.05, 0) is 30.3 Å². The number of ether oxygens (including phenoxy) is 1. The van der Waals surface area contributed by atoms with Gasteiger partial charge in [-0.25, -0.2) is 9.97 Å². The molecule has 0 amide bonds. The third-order valence-electron chi connectivity index (χ3n) is 3.83. The van der Waals surface area contributed by atoms with Gasteiger partial charge in [-0.2, -0.15) is 5.26 Å². The monoisotopic (exact) mass is 425 g/mol. The number of aromatic nitrogens is 3. The average molecular weight is 426 g/mol. The lowest BCUT2D eigenvalue weighted by atomic mass is 10.2. The second-order valence-corrected chi connectivity index (χ2v) is 6.68. The maximum absolute atomic E-state index is 12.6. The van der Waals surface area contributed by atoms with E-state index in [1.807, 2.05) is 29.8 Å². The molecule has 2 aromatic heterocycles. The molecule has 0 saturated heterocycles. The average Bonchev–Trinajstić information content (AvgIpc) is 3.18. The standard InChI is InChI=1S/C17H10F3N5OS.ClH/c1-25-8-22-14-11(25)3-5-13-15(14)24-16(27-13)23-10-6-9(7-21)2-4-12(10)26-17(18,19)20;/h2-6,8H,1H3,(H,23,24);1H. The zero-order valence-electron chi connectivity index (χ0n) is 14.1. The van der Waals surface area contributed by atoms with Crippen molar-refractivity contribution < 1.29 is 17.9 Å². The van der Waals surface area contributed by atoms with E-state index in [0.29, 0.717) is 16.2 Å². The number of imidazole rings is 1. The third-order valence-corrected chi connectivity index (χ3v) is 4.76. The number of anilines is 2. The molecule has 2 heterocycles. The molecular weight excluding hydrogens is 415 g/mol. The lowest BCUT2D eigenvalue weighted by molar-refractivity contribution is -0.274. The number of halogens is 4. The summed E-state index contributed by atoms with van der Waals surface area (Å²) in [5.41, 5.74) is 2.45. The summed E-state index contributed by atoms with van der Waals surface area (Å²) in [5.74, 6) is -0.441. The Kier molecular flexibility index (Phi) is 5.06. The summed E-state index contributed by atoms with van der Waals surface area (Å²) in [7, 11) is 1.86. The van der Waals surface area contributed by atoms with Crippen LogP contribution in [0.25, 0.3) is 21.3 Å². The minimum Gasteiger partial charge on any atom is -0.404 e. The van der Waals surface area contributed by atoms with Gasteiger partial charge in [0.2, 0.25) is 0 Å². The summed E-state index contributed by atoms with van der Waals surface area (Å²) in [5, 5.41) is 12.2. The van der Waals surface area contributed by atoms with Crippen LogP contribution in [0.5, 0.6) is 5.75 Å². The number of fused-ring (bicyclic) bond motifs is 3. The fourth-order valence-corrected chi connectivity index (χ4v) is 3.55. The molecule has 2 aromatic carbocycles. The van der Waals surface area contributed by atoms with Crippen molar-refractivity contribution in [2.24, 2.45) is 7.05 Å². The third kappa shape index (κ3) is 3.67. The van der Waals surface area contributed by atoms with Crippen LogP contribution in [-0.4, -0.2) is 20.9 Å². The first-order valence-corrected chi connectivity index (χ1v) is 8.43. The number of nitrogens with zero attached hydrogens (tertiary/aromatic N) is 4. The Hall–Kier alpha value is -3.03. The Bertz CT molecular complexity index is 1210. The van der Waals surface area contributed by atoms with Crippen molar-refractivity contribution in [3.63, 3.8) is 0 Å². The van der Waals surface area contributed by atoms with Crippen LogP contribution in [0.3, 0.4) is 0 Å². The maximum Gasteiger partial charge on any atom is 0.573 e. The smallest absolute Gasteiger partial charge is 0.404 e. The second-order valence-electron chi connectivity index (χ2n) is 5.65. The predicted molar refractivity (Wildman–Crippen MR) is 102 cm³/mol. The largest absolute Gasteiger partial charge is 0.573 e. The highest BCUT2D eigenvalue weighted by Crippen LogP contribution is 2.36. The Morgan fingerprint density at radius 1 is 1.21 bits per heavy atom. The van der Waals surface area contributed by atoms with Gasteiger partial charge >= 0.3 is 6.36 Å². The summed E-state index contributed by atoms with van der Waals surface area (Å²) < 4.78 is 44.7. The summed E-state index contributed by atoms with van der Waals surface area (Å²) in [4.78, 5) is 8.78. The predicted octanol–water partition coefficient (Wildman–Crippen LogP) is 5.12. The Labute approximate surface area is 166 Å². The van der Waals surface area contributed by atoms with Crippen molar-refractivity contribution in [1.29, 1.82) is 5.26 Å². The zero-order valence-corrected chi connectivity index (χ0v) is 15.7. The van der Waals surface area contributed by atoms with Gasteiger partial charge in [0, 0.05) is 7.05 Å². The highest BCUT2D eigenvalue weighted by Gasteiger charge is 2.32. The van der Waals surface area contributed by atoms with Gasteiger partial charge in [0.25, 0.3) is 0 Å². The molecule has 0 bridgehead atoms. The normalized spacial score (nSPS) is 11.2. The quantitative estimate of drug-likeness (QED) is 0.493. The number of rotatable bonds is 3. The molecule has 4 rings (SSSR count). The van der Waals surface area contributed by atoms with Crippen molar-refractivity contribution in [2.45, 2.75) is 6.36 Å². The summed E-state index contributed by atoms with van der Waals surface area (Å²) in [6.07, 6.45) is -3.18. The number of thiazole rings is 1. The van der Waals surface area contributed by atoms with Gasteiger partial charge in [0.1, 0.15) is 11.0 Å². The van der Waals surface area contributed by atoms with E-state index in [9.17, 15) is 13.2 Å². The molecule has 0 aliphatic heterocycles. The number of alkyl halides is 3. The topological polar surface area (TPSA) is 75.8 Å². The Morgan fingerprint density at radius 2 is 2.00 bits per heavy atom. The van der Waals surface area contributed by atoms with E-state index in [1.165, 1.54) is 23.5 Å². The maximum atomic E-state index is 12.6.